The number of carbonyl (C=O) groups excluding carboxylic acids is 2. The van der Waals surface area contributed by atoms with E-state index in [0.717, 1.165) is 49.4 Å². The molecular formula is C30H41Cl2FN8O4. The summed E-state index contributed by atoms with van der Waals surface area (Å²) >= 11 is 12.1. The molecule has 4 heterocycles. The van der Waals surface area contributed by atoms with Crippen LogP contribution in [0.2, 0.25) is 5.02 Å². The molecular weight excluding hydrogens is 626 g/mol. The molecule has 12 nitrogen and oxygen atoms in total. The Hall–Kier alpha value is -3.13. The number of nitrogens with one attached hydrogen (secondary N) is 2. The van der Waals surface area contributed by atoms with Gasteiger partial charge >= 0.3 is 12.1 Å². The molecule has 45 heavy (non-hydrogen) atoms. The number of alkyl halides is 1. The molecule has 2 aromatic rings. The van der Waals surface area contributed by atoms with Gasteiger partial charge < -0.3 is 34.8 Å². The Morgan fingerprint density at radius 3 is 2.69 bits per heavy atom. The predicted molar refractivity (Wildman–Crippen MR) is 170 cm³/mol. The number of anilines is 2. The van der Waals surface area contributed by atoms with Crippen LogP contribution in [0.5, 0.6) is 0 Å². The summed E-state index contributed by atoms with van der Waals surface area (Å²) in [5, 5.41) is 6.68. The summed E-state index contributed by atoms with van der Waals surface area (Å²) in [5.74, 6) is 0.872. The third kappa shape index (κ3) is 8.78. The zero-order chi connectivity index (χ0) is 31.9. The minimum atomic E-state index is -0.682. The van der Waals surface area contributed by atoms with Crippen LogP contribution in [0.3, 0.4) is 0 Å². The number of fused-ring (bicyclic) bond motifs is 1. The van der Waals surface area contributed by atoms with Crippen LogP contribution in [-0.4, -0.2) is 114 Å². The minimum Gasteiger partial charge on any atom is -0.430 e. The summed E-state index contributed by atoms with van der Waals surface area (Å²) in [6.07, 6.45) is 0.929. The second-order valence-corrected chi connectivity index (χ2v) is 12.5. The fourth-order valence-electron chi connectivity index (χ4n) is 5.68. The smallest absolute Gasteiger partial charge is 0.411 e. The number of morpholine rings is 1. The zero-order valence-corrected chi connectivity index (χ0v) is 27.2. The predicted octanol–water partition coefficient (Wildman–Crippen LogP) is 3.90. The number of halogens is 3. The van der Waals surface area contributed by atoms with Crippen molar-refractivity contribution in [2.45, 2.75) is 51.4 Å². The first-order valence-corrected chi connectivity index (χ1v) is 16.3. The Morgan fingerprint density at radius 2 is 1.96 bits per heavy atom. The highest BCUT2D eigenvalue weighted by atomic mass is 35.5. The lowest BCUT2D eigenvalue weighted by atomic mass is 10.1. The summed E-state index contributed by atoms with van der Waals surface area (Å²) in [6, 6.07) is 4.22. The summed E-state index contributed by atoms with van der Waals surface area (Å²) in [4.78, 5) is 42.9. The minimum absolute atomic E-state index is 0.106. The van der Waals surface area contributed by atoms with Crippen molar-refractivity contribution < 1.29 is 23.5 Å². The molecule has 2 atom stereocenters. The molecule has 0 spiro atoms. The van der Waals surface area contributed by atoms with Crippen molar-refractivity contribution in [2.24, 2.45) is 0 Å². The molecule has 1 aromatic heterocycles. The van der Waals surface area contributed by atoms with Crippen molar-refractivity contribution in [3.05, 3.63) is 45.9 Å². The molecule has 1 unspecified atom stereocenters. The maximum absolute atomic E-state index is 13.6. The molecule has 0 saturated carbocycles. The van der Waals surface area contributed by atoms with Crippen molar-refractivity contribution in [1.82, 2.24) is 30.0 Å². The zero-order valence-electron chi connectivity index (χ0n) is 25.7. The molecule has 3 amide bonds. The SMILES string of the molecule is CCCNC(=O)N1CCc2nc(N3CCN(C[C@@H]4CN(C(=O)OC(C)Cl)CCO4)CC3)nc(NCc3ccc(F)cc3Cl)c2C1. The number of ether oxygens (including phenoxy) is 2. The number of aromatic nitrogens is 2. The Balaban J connectivity index is 1.25. The van der Waals surface area contributed by atoms with Crippen LogP contribution in [0.1, 0.15) is 37.1 Å². The van der Waals surface area contributed by atoms with Gasteiger partial charge in [-0.1, -0.05) is 36.2 Å². The molecule has 5 rings (SSSR count). The van der Waals surface area contributed by atoms with Crippen molar-refractivity contribution in [2.75, 3.05) is 75.7 Å². The number of rotatable bonds is 9. The van der Waals surface area contributed by atoms with Crippen LogP contribution < -0.4 is 15.5 Å². The van der Waals surface area contributed by atoms with Gasteiger partial charge in [0.05, 0.1) is 31.5 Å². The lowest BCUT2D eigenvalue weighted by Gasteiger charge is -2.39. The molecule has 3 aliphatic rings. The number of nitrogens with zero attached hydrogens (tertiary/aromatic N) is 6. The molecule has 2 fully saturated rings. The van der Waals surface area contributed by atoms with Crippen LogP contribution >= 0.6 is 23.2 Å². The molecule has 3 aliphatic heterocycles. The van der Waals surface area contributed by atoms with Gasteiger partial charge in [-0.15, -0.1) is 0 Å². The summed E-state index contributed by atoms with van der Waals surface area (Å²) in [7, 11) is 0. The quantitative estimate of drug-likeness (QED) is 0.385. The standard InChI is InChI=1S/C30H41Cl2FN8O4/c1-3-7-34-29(42)40-8-6-26-24(19-40)27(35-16-21-4-5-22(33)15-25(21)32)37-28(36-26)39-11-9-38(10-12-39)17-23-18-41(13-14-44-23)30(43)45-20(2)31/h4-5,15,20,23H,3,6-14,16-19H2,1-2H3,(H,34,42)(H,35,36,37)/t20?,23-/m1/s1. The van der Waals surface area contributed by atoms with E-state index in [1.165, 1.54) is 12.1 Å². The first-order valence-electron chi connectivity index (χ1n) is 15.5. The third-order valence-corrected chi connectivity index (χ3v) is 8.54. The summed E-state index contributed by atoms with van der Waals surface area (Å²) in [6.45, 7) is 10.6. The van der Waals surface area contributed by atoms with E-state index >= 15 is 0 Å². The van der Waals surface area contributed by atoms with E-state index < -0.39 is 17.5 Å². The van der Waals surface area contributed by atoms with Gasteiger partial charge in [0.2, 0.25) is 5.95 Å². The second-order valence-electron chi connectivity index (χ2n) is 11.4. The summed E-state index contributed by atoms with van der Waals surface area (Å²) < 4.78 is 24.7. The molecule has 2 saturated heterocycles. The van der Waals surface area contributed by atoms with Gasteiger partial charge in [0.25, 0.3) is 0 Å². The average Bonchev–Trinajstić information content (AvgIpc) is 3.03. The topological polar surface area (TPSA) is 115 Å². The van der Waals surface area contributed by atoms with Crippen LogP contribution in [0.4, 0.5) is 25.7 Å². The molecule has 0 radical (unpaired) electrons. The normalized spacial score (nSPS) is 19.6. The Labute approximate surface area is 273 Å². The van der Waals surface area contributed by atoms with Crippen molar-refractivity contribution in [3.63, 3.8) is 0 Å². The fraction of sp³-hybridized carbons (Fsp3) is 0.600. The number of hydrogen-bond acceptors (Lipinski definition) is 9. The summed E-state index contributed by atoms with van der Waals surface area (Å²) in [5.41, 5.74) is 1.83. The highest BCUT2D eigenvalue weighted by Crippen LogP contribution is 2.28. The number of hydrogen-bond donors (Lipinski definition) is 2. The maximum atomic E-state index is 13.6. The number of urea groups is 1. The highest BCUT2D eigenvalue weighted by Gasteiger charge is 2.31. The monoisotopic (exact) mass is 666 g/mol. The van der Waals surface area contributed by atoms with Gasteiger partial charge in [0.15, 0.2) is 5.56 Å². The van der Waals surface area contributed by atoms with Gasteiger partial charge in [-0.3, -0.25) is 4.90 Å². The van der Waals surface area contributed by atoms with Crippen LogP contribution in [-0.2, 0) is 29.0 Å². The molecule has 0 bridgehead atoms. The number of benzene rings is 1. The lowest BCUT2D eigenvalue weighted by molar-refractivity contribution is -0.0422. The molecule has 15 heteroatoms. The number of piperazine rings is 1. The van der Waals surface area contributed by atoms with E-state index in [-0.39, 0.29) is 12.1 Å². The Kier molecular flexibility index (Phi) is 11.4. The largest absolute Gasteiger partial charge is 0.430 e. The Bertz CT molecular complexity index is 1350. The van der Waals surface area contributed by atoms with Crippen molar-refractivity contribution in [1.29, 1.82) is 0 Å². The molecule has 246 valence electrons. The van der Waals surface area contributed by atoms with E-state index in [2.05, 4.69) is 20.4 Å². The first kappa shape index (κ1) is 33.2. The Morgan fingerprint density at radius 1 is 1.16 bits per heavy atom. The van der Waals surface area contributed by atoms with Crippen LogP contribution in [0.15, 0.2) is 18.2 Å². The average molecular weight is 668 g/mol. The van der Waals surface area contributed by atoms with Gasteiger partial charge in [-0.2, -0.15) is 4.98 Å². The highest BCUT2D eigenvalue weighted by molar-refractivity contribution is 6.31. The lowest BCUT2D eigenvalue weighted by Crippen LogP contribution is -2.54. The fourth-order valence-corrected chi connectivity index (χ4v) is 5.99. The second kappa shape index (κ2) is 15.4. The molecule has 2 N–H and O–H groups in total. The van der Waals surface area contributed by atoms with Crippen molar-refractivity contribution in [3.8, 4) is 0 Å². The third-order valence-electron chi connectivity index (χ3n) is 8.10. The van der Waals surface area contributed by atoms with E-state index in [1.54, 1.807) is 22.8 Å². The van der Waals surface area contributed by atoms with E-state index in [4.69, 9.17) is 42.6 Å². The van der Waals surface area contributed by atoms with Gasteiger partial charge in [0, 0.05) is 75.9 Å². The van der Waals surface area contributed by atoms with Gasteiger partial charge in [-0.25, -0.2) is 19.0 Å². The first-order chi connectivity index (χ1) is 21.7. The van der Waals surface area contributed by atoms with Crippen molar-refractivity contribution >= 4 is 47.1 Å². The maximum Gasteiger partial charge on any atom is 0.411 e. The molecule has 1 aromatic carbocycles. The van der Waals surface area contributed by atoms with Crippen LogP contribution in [0.25, 0.3) is 0 Å². The number of carbonyl (C=O) groups is 2. The number of amides is 3. The van der Waals surface area contributed by atoms with Gasteiger partial charge in [0.1, 0.15) is 11.6 Å². The van der Waals surface area contributed by atoms with E-state index in [1.807, 2.05) is 6.92 Å². The van der Waals surface area contributed by atoms with Crippen LogP contribution in [0, 0.1) is 5.82 Å². The van der Waals surface area contributed by atoms with Gasteiger partial charge in [-0.05, 0) is 31.0 Å². The van der Waals surface area contributed by atoms with E-state index in [0.29, 0.717) is 75.6 Å². The van der Waals surface area contributed by atoms with E-state index in [9.17, 15) is 14.0 Å². The molecule has 0 aliphatic carbocycles.